The second kappa shape index (κ2) is 9.65. The highest BCUT2D eigenvalue weighted by atomic mass is 16.5. The molecule has 0 saturated heterocycles. The van der Waals surface area contributed by atoms with Gasteiger partial charge in [0.25, 0.3) is 5.91 Å². The number of carboxylic acids is 1. The third-order valence-electron chi connectivity index (χ3n) is 3.04. The third kappa shape index (κ3) is 6.47. The van der Waals surface area contributed by atoms with Gasteiger partial charge in [-0.25, -0.2) is 0 Å². The maximum atomic E-state index is 11.7. The predicted octanol–water partition coefficient (Wildman–Crippen LogP) is 2.08. The molecule has 0 spiro atoms. The van der Waals surface area contributed by atoms with Crippen molar-refractivity contribution in [2.24, 2.45) is 5.92 Å². The molecular weight excluding hydrogens is 286 g/mol. The summed E-state index contributed by atoms with van der Waals surface area (Å²) in [5, 5.41) is 11.6. The molecule has 1 rings (SSSR count). The van der Waals surface area contributed by atoms with Crippen molar-refractivity contribution in [3.63, 3.8) is 0 Å². The lowest BCUT2D eigenvalue weighted by atomic mass is 10.0. The molecule has 0 fully saturated rings. The summed E-state index contributed by atoms with van der Waals surface area (Å²) in [6.45, 7) is 4.37. The number of hydrogen-bond acceptors (Lipinski definition) is 4. The van der Waals surface area contributed by atoms with E-state index in [9.17, 15) is 9.59 Å². The Hall–Kier alpha value is -2.24. The van der Waals surface area contributed by atoms with E-state index in [2.05, 4.69) is 5.32 Å². The Morgan fingerprint density at radius 2 is 1.73 bits per heavy atom. The molecule has 0 bridgehead atoms. The molecule has 1 aromatic carbocycles. The first-order chi connectivity index (χ1) is 10.6. The number of ether oxygens (including phenoxy) is 2. The molecule has 1 aromatic rings. The SMILES string of the molecule is CCCC(CNC(=O)COc1ccc(OCC)cc1)C(=O)O. The zero-order chi connectivity index (χ0) is 16.4. The summed E-state index contributed by atoms with van der Waals surface area (Å²) in [7, 11) is 0. The molecule has 122 valence electrons. The molecule has 6 heteroatoms. The Balaban J connectivity index is 2.34. The predicted molar refractivity (Wildman–Crippen MR) is 82.1 cm³/mol. The molecular formula is C16H23NO5. The molecule has 1 atom stereocenters. The normalized spacial score (nSPS) is 11.5. The number of amides is 1. The molecule has 22 heavy (non-hydrogen) atoms. The summed E-state index contributed by atoms with van der Waals surface area (Å²) in [5.74, 6) is -0.490. The van der Waals surface area contributed by atoms with Crippen molar-refractivity contribution < 1.29 is 24.2 Å². The van der Waals surface area contributed by atoms with Crippen LogP contribution in [-0.2, 0) is 9.59 Å². The molecule has 0 aliphatic carbocycles. The first-order valence-electron chi connectivity index (χ1n) is 7.42. The van der Waals surface area contributed by atoms with Crippen LogP contribution in [0.15, 0.2) is 24.3 Å². The molecule has 0 aliphatic heterocycles. The first-order valence-corrected chi connectivity index (χ1v) is 7.42. The molecule has 6 nitrogen and oxygen atoms in total. The van der Waals surface area contributed by atoms with Crippen LogP contribution in [0.1, 0.15) is 26.7 Å². The lowest BCUT2D eigenvalue weighted by Crippen LogP contribution is -2.35. The maximum absolute atomic E-state index is 11.7. The zero-order valence-corrected chi connectivity index (χ0v) is 13.0. The summed E-state index contributed by atoms with van der Waals surface area (Å²) in [6.07, 6.45) is 1.30. The van der Waals surface area contributed by atoms with Gasteiger partial charge in [0.2, 0.25) is 0 Å². The van der Waals surface area contributed by atoms with Crippen LogP contribution in [0.25, 0.3) is 0 Å². The van der Waals surface area contributed by atoms with Crippen molar-refractivity contribution in [3.8, 4) is 11.5 Å². The van der Waals surface area contributed by atoms with E-state index < -0.39 is 11.9 Å². The summed E-state index contributed by atoms with van der Waals surface area (Å²) in [4.78, 5) is 22.6. The Morgan fingerprint density at radius 1 is 1.14 bits per heavy atom. The van der Waals surface area contributed by atoms with Gasteiger partial charge >= 0.3 is 5.97 Å². The number of hydrogen-bond donors (Lipinski definition) is 2. The largest absolute Gasteiger partial charge is 0.494 e. The fourth-order valence-corrected chi connectivity index (χ4v) is 1.90. The Kier molecular flexibility index (Phi) is 7.81. The van der Waals surface area contributed by atoms with Crippen molar-refractivity contribution in [2.45, 2.75) is 26.7 Å². The molecule has 0 saturated carbocycles. The van der Waals surface area contributed by atoms with E-state index in [0.717, 1.165) is 12.2 Å². The van der Waals surface area contributed by atoms with Crippen LogP contribution in [0.2, 0.25) is 0 Å². The topological polar surface area (TPSA) is 84.9 Å². The highest BCUT2D eigenvalue weighted by molar-refractivity contribution is 5.78. The van der Waals surface area contributed by atoms with E-state index in [-0.39, 0.29) is 19.1 Å². The minimum atomic E-state index is -0.894. The number of rotatable bonds is 10. The van der Waals surface area contributed by atoms with Crippen molar-refractivity contribution in [1.29, 1.82) is 0 Å². The van der Waals surface area contributed by atoms with Crippen molar-refractivity contribution >= 4 is 11.9 Å². The van der Waals surface area contributed by atoms with Gasteiger partial charge in [0.15, 0.2) is 6.61 Å². The second-order valence-electron chi connectivity index (χ2n) is 4.82. The second-order valence-corrected chi connectivity index (χ2v) is 4.82. The molecule has 0 aromatic heterocycles. The summed E-state index contributed by atoms with van der Waals surface area (Å²) < 4.78 is 10.6. The van der Waals surface area contributed by atoms with Gasteiger partial charge in [-0.3, -0.25) is 9.59 Å². The lowest BCUT2D eigenvalue weighted by molar-refractivity contribution is -0.142. The van der Waals surface area contributed by atoms with Crippen LogP contribution in [-0.4, -0.2) is 36.7 Å². The maximum Gasteiger partial charge on any atom is 0.308 e. The average Bonchev–Trinajstić information content (AvgIpc) is 2.50. The van der Waals surface area contributed by atoms with Gasteiger partial charge in [-0.2, -0.15) is 0 Å². The number of nitrogens with one attached hydrogen (secondary N) is 1. The van der Waals surface area contributed by atoms with Crippen LogP contribution in [0.4, 0.5) is 0 Å². The van der Waals surface area contributed by atoms with Gasteiger partial charge in [0.1, 0.15) is 11.5 Å². The summed E-state index contributed by atoms with van der Waals surface area (Å²) in [5.41, 5.74) is 0. The van der Waals surface area contributed by atoms with Gasteiger partial charge < -0.3 is 19.9 Å². The number of aliphatic carboxylic acids is 1. The van der Waals surface area contributed by atoms with Crippen LogP contribution in [0, 0.1) is 5.92 Å². The molecule has 1 unspecified atom stereocenters. The van der Waals surface area contributed by atoms with E-state index in [1.165, 1.54) is 0 Å². The van der Waals surface area contributed by atoms with Gasteiger partial charge in [-0.15, -0.1) is 0 Å². The number of carbonyl (C=O) groups is 2. The molecule has 0 aliphatic rings. The standard InChI is InChI=1S/C16H23NO5/c1-3-5-12(16(19)20)10-17-15(18)11-22-14-8-6-13(7-9-14)21-4-2/h6-9,12H,3-5,10-11H2,1-2H3,(H,17,18)(H,19,20). The highest BCUT2D eigenvalue weighted by Crippen LogP contribution is 2.17. The van der Waals surface area contributed by atoms with Gasteiger partial charge in [0.05, 0.1) is 12.5 Å². The van der Waals surface area contributed by atoms with Gasteiger partial charge in [-0.05, 0) is 37.6 Å². The molecule has 0 radical (unpaired) electrons. The van der Waals surface area contributed by atoms with Crippen LogP contribution < -0.4 is 14.8 Å². The quantitative estimate of drug-likeness (QED) is 0.691. The van der Waals surface area contributed by atoms with E-state index in [4.69, 9.17) is 14.6 Å². The Morgan fingerprint density at radius 3 is 2.23 bits per heavy atom. The molecule has 0 heterocycles. The third-order valence-corrected chi connectivity index (χ3v) is 3.04. The minimum absolute atomic E-state index is 0.120. The van der Waals surface area contributed by atoms with Crippen LogP contribution >= 0.6 is 0 Å². The van der Waals surface area contributed by atoms with Crippen LogP contribution in [0.5, 0.6) is 11.5 Å². The number of carbonyl (C=O) groups excluding carboxylic acids is 1. The average molecular weight is 309 g/mol. The first kappa shape index (κ1) is 17.8. The van der Waals surface area contributed by atoms with E-state index in [0.29, 0.717) is 18.8 Å². The van der Waals surface area contributed by atoms with E-state index >= 15 is 0 Å². The van der Waals surface area contributed by atoms with Crippen molar-refractivity contribution in [2.75, 3.05) is 19.8 Å². The Labute approximate surface area is 130 Å². The summed E-state index contributed by atoms with van der Waals surface area (Å²) in [6, 6.07) is 6.96. The van der Waals surface area contributed by atoms with Crippen molar-refractivity contribution in [3.05, 3.63) is 24.3 Å². The summed E-state index contributed by atoms with van der Waals surface area (Å²) >= 11 is 0. The fourth-order valence-electron chi connectivity index (χ4n) is 1.90. The Bertz CT molecular complexity index is 472. The van der Waals surface area contributed by atoms with E-state index in [1.54, 1.807) is 24.3 Å². The lowest BCUT2D eigenvalue weighted by Gasteiger charge is -2.13. The molecule has 1 amide bonds. The monoisotopic (exact) mass is 309 g/mol. The van der Waals surface area contributed by atoms with Gasteiger partial charge in [0, 0.05) is 6.54 Å². The molecule has 2 N–H and O–H groups in total. The smallest absolute Gasteiger partial charge is 0.308 e. The minimum Gasteiger partial charge on any atom is -0.494 e. The van der Waals surface area contributed by atoms with Crippen LogP contribution in [0.3, 0.4) is 0 Å². The highest BCUT2D eigenvalue weighted by Gasteiger charge is 2.17. The zero-order valence-electron chi connectivity index (χ0n) is 13.0. The van der Waals surface area contributed by atoms with E-state index in [1.807, 2.05) is 13.8 Å². The van der Waals surface area contributed by atoms with Crippen molar-refractivity contribution in [1.82, 2.24) is 5.32 Å². The number of carboxylic acid groups (broad SMARTS) is 1. The fraction of sp³-hybridized carbons (Fsp3) is 0.500. The number of benzene rings is 1. The van der Waals surface area contributed by atoms with Gasteiger partial charge in [-0.1, -0.05) is 13.3 Å².